The zero-order valence-corrected chi connectivity index (χ0v) is 10.9. The Bertz CT molecular complexity index is 614. The van der Waals surface area contributed by atoms with Gasteiger partial charge < -0.3 is 10.5 Å². The van der Waals surface area contributed by atoms with Crippen LogP contribution in [0.5, 0.6) is 11.5 Å². The summed E-state index contributed by atoms with van der Waals surface area (Å²) in [6.45, 7) is 1.74. The topological polar surface area (TPSA) is 35.2 Å². The molecule has 0 aliphatic carbocycles. The van der Waals surface area contributed by atoms with Gasteiger partial charge in [0, 0.05) is 17.7 Å². The maximum atomic E-state index is 13.8. The van der Waals surface area contributed by atoms with E-state index in [1.165, 1.54) is 18.2 Å². The Labute approximate surface area is 115 Å². The Balaban J connectivity index is 2.32. The molecule has 0 saturated carbocycles. The zero-order chi connectivity index (χ0) is 14.7. The fourth-order valence-corrected chi connectivity index (χ4v) is 1.82. The van der Waals surface area contributed by atoms with Gasteiger partial charge in [-0.25, -0.2) is 13.2 Å². The van der Waals surface area contributed by atoms with E-state index in [9.17, 15) is 13.2 Å². The molecule has 2 aromatic rings. The smallest absolute Gasteiger partial charge is 0.162 e. The minimum absolute atomic E-state index is 0.0976. The van der Waals surface area contributed by atoms with Gasteiger partial charge in [-0.1, -0.05) is 6.07 Å². The first-order chi connectivity index (χ1) is 9.47. The molecule has 0 fully saturated rings. The third kappa shape index (κ3) is 3.30. The van der Waals surface area contributed by atoms with Crippen molar-refractivity contribution in [1.29, 1.82) is 0 Å². The summed E-state index contributed by atoms with van der Waals surface area (Å²) < 4.78 is 45.2. The van der Waals surface area contributed by atoms with Crippen LogP contribution in [-0.4, -0.2) is 6.04 Å². The number of hydrogen-bond acceptors (Lipinski definition) is 2. The highest BCUT2D eigenvalue weighted by atomic mass is 19.2. The number of ether oxygens (including phenoxy) is 1. The predicted octanol–water partition coefficient (Wildman–Crippen LogP) is 3.79. The number of nitrogens with two attached hydrogens (primary N) is 1. The van der Waals surface area contributed by atoms with Gasteiger partial charge in [0.05, 0.1) is 0 Å². The number of rotatable bonds is 4. The van der Waals surface area contributed by atoms with Crippen LogP contribution >= 0.6 is 0 Å². The second-order valence-corrected chi connectivity index (χ2v) is 4.58. The van der Waals surface area contributed by atoms with Crippen molar-refractivity contribution in [3.8, 4) is 11.5 Å². The molecule has 0 aromatic heterocycles. The molecule has 0 heterocycles. The van der Waals surface area contributed by atoms with E-state index in [0.717, 1.165) is 12.1 Å². The van der Waals surface area contributed by atoms with E-state index < -0.39 is 17.5 Å². The fourth-order valence-electron chi connectivity index (χ4n) is 1.82. The first-order valence-electron chi connectivity index (χ1n) is 6.13. The SMILES string of the molecule is CC(N)Cc1c(F)cccc1Oc1ccc(F)c(F)c1. The van der Waals surface area contributed by atoms with Crippen LogP contribution in [0.2, 0.25) is 0 Å². The van der Waals surface area contributed by atoms with Crippen LogP contribution in [0, 0.1) is 17.5 Å². The van der Waals surface area contributed by atoms with Gasteiger partial charge in [-0.15, -0.1) is 0 Å². The van der Waals surface area contributed by atoms with Crippen molar-refractivity contribution < 1.29 is 17.9 Å². The molecule has 0 radical (unpaired) electrons. The van der Waals surface area contributed by atoms with Crippen molar-refractivity contribution >= 4 is 0 Å². The van der Waals surface area contributed by atoms with E-state index in [1.807, 2.05) is 0 Å². The minimum atomic E-state index is -1.02. The van der Waals surface area contributed by atoms with Crippen LogP contribution in [-0.2, 0) is 6.42 Å². The maximum Gasteiger partial charge on any atom is 0.162 e. The van der Waals surface area contributed by atoms with Gasteiger partial charge in [0.25, 0.3) is 0 Å². The molecular weight excluding hydrogens is 267 g/mol. The molecule has 0 spiro atoms. The molecule has 0 aliphatic rings. The zero-order valence-electron chi connectivity index (χ0n) is 10.9. The average Bonchev–Trinajstić information content (AvgIpc) is 2.38. The Morgan fingerprint density at radius 1 is 1.05 bits per heavy atom. The highest BCUT2D eigenvalue weighted by Gasteiger charge is 2.13. The summed E-state index contributed by atoms with van der Waals surface area (Å²) >= 11 is 0. The Morgan fingerprint density at radius 2 is 1.80 bits per heavy atom. The second-order valence-electron chi connectivity index (χ2n) is 4.58. The number of halogens is 3. The Kier molecular flexibility index (Phi) is 4.29. The molecule has 2 nitrogen and oxygen atoms in total. The first kappa shape index (κ1) is 14.4. The van der Waals surface area contributed by atoms with E-state index in [2.05, 4.69) is 0 Å². The highest BCUT2D eigenvalue weighted by molar-refractivity contribution is 5.39. The Hall–Kier alpha value is -2.01. The summed E-state index contributed by atoms with van der Waals surface area (Å²) in [5.74, 6) is -2.09. The van der Waals surface area contributed by atoms with Crippen molar-refractivity contribution in [3.63, 3.8) is 0 Å². The Morgan fingerprint density at radius 3 is 2.45 bits per heavy atom. The summed E-state index contributed by atoms with van der Waals surface area (Å²) in [4.78, 5) is 0. The normalized spacial score (nSPS) is 12.2. The predicted molar refractivity (Wildman–Crippen MR) is 70.2 cm³/mol. The lowest BCUT2D eigenvalue weighted by atomic mass is 10.1. The molecule has 2 N–H and O–H groups in total. The molecule has 2 aromatic carbocycles. The van der Waals surface area contributed by atoms with Crippen LogP contribution < -0.4 is 10.5 Å². The molecule has 1 atom stereocenters. The van der Waals surface area contributed by atoms with Crippen molar-refractivity contribution in [2.24, 2.45) is 5.73 Å². The number of benzene rings is 2. The molecule has 106 valence electrons. The van der Waals surface area contributed by atoms with Crippen LogP contribution in [0.15, 0.2) is 36.4 Å². The molecule has 0 aliphatic heterocycles. The van der Waals surface area contributed by atoms with Crippen molar-refractivity contribution in [2.45, 2.75) is 19.4 Å². The highest BCUT2D eigenvalue weighted by Crippen LogP contribution is 2.28. The molecule has 0 bridgehead atoms. The first-order valence-corrected chi connectivity index (χ1v) is 6.13. The van der Waals surface area contributed by atoms with E-state index in [4.69, 9.17) is 10.5 Å². The quantitative estimate of drug-likeness (QED) is 0.925. The standard InChI is InChI=1S/C15H14F3NO/c1-9(19)7-11-12(16)3-2-4-15(11)20-10-5-6-13(17)14(18)8-10/h2-6,8-9H,7,19H2,1H3. The molecule has 20 heavy (non-hydrogen) atoms. The van der Waals surface area contributed by atoms with Crippen molar-refractivity contribution in [1.82, 2.24) is 0 Å². The van der Waals surface area contributed by atoms with Gasteiger partial charge in [0.15, 0.2) is 11.6 Å². The summed E-state index contributed by atoms with van der Waals surface area (Å²) in [6.07, 6.45) is 0.283. The van der Waals surface area contributed by atoms with Crippen LogP contribution in [0.3, 0.4) is 0 Å². The van der Waals surface area contributed by atoms with Gasteiger partial charge in [-0.05, 0) is 37.6 Å². The molecular formula is C15H14F3NO. The van der Waals surface area contributed by atoms with Gasteiger partial charge in [-0.2, -0.15) is 0 Å². The van der Waals surface area contributed by atoms with E-state index in [0.29, 0.717) is 5.56 Å². The largest absolute Gasteiger partial charge is 0.457 e. The summed E-state index contributed by atoms with van der Waals surface area (Å²) in [5.41, 5.74) is 5.98. The molecule has 1 unspecified atom stereocenters. The van der Waals surface area contributed by atoms with E-state index >= 15 is 0 Å². The molecule has 2 rings (SSSR count). The number of hydrogen-bond donors (Lipinski definition) is 1. The average molecular weight is 281 g/mol. The van der Waals surface area contributed by atoms with Crippen molar-refractivity contribution in [2.75, 3.05) is 0 Å². The summed E-state index contributed by atoms with van der Waals surface area (Å²) in [6, 6.07) is 7.23. The van der Waals surface area contributed by atoms with Crippen LogP contribution in [0.4, 0.5) is 13.2 Å². The minimum Gasteiger partial charge on any atom is -0.457 e. The fraction of sp³-hybridized carbons (Fsp3) is 0.200. The van der Waals surface area contributed by atoms with E-state index in [-0.39, 0.29) is 24.0 Å². The maximum absolute atomic E-state index is 13.8. The van der Waals surface area contributed by atoms with Gasteiger partial charge in [0.1, 0.15) is 17.3 Å². The van der Waals surface area contributed by atoms with Gasteiger partial charge >= 0.3 is 0 Å². The molecule has 0 amide bonds. The summed E-state index contributed by atoms with van der Waals surface area (Å²) in [7, 11) is 0. The van der Waals surface area contributed by atoms with Crippen molar-refractivity contribution in [3.05, 3.63) is 59.4 Å². The van der Waals surface area contributed by atoms with Gasteiger partial charge in [0.2, 0.25) is 0 Å². The lowest BCUT2D eigenvalue weighted by Crippen LogP contribution is -2.19. The van der Waals surface area contributed by atoms with Crippen LogP contribution in [0.25, 0.3) is 0 Å². The lowest BCUT2D eigenvalue weighted by molar-refractivity contribution is 0.449. The third-order valence-corrected chi connectivity index (χ3v) is 2.72. The van der Waals surface area contributed by atoms with E-state index in [1.54, 1.807) is 13.0 Å². The van der Waals surface area contributed by atoms with Crippen LogP contribution in [0.1, 0.15) is 12.5 Å². The molecule has 5 heteroatoms. The molecule has 0 saturated heterocycles. The summed E-state index contributed by atoms with van der Waals surface area (Å²) in [5, 5.41) is 0. The third-order valence-electron chi connectivity index (χ3n) is 2.72. The second kappa shape index (κ2) is 5.96. The van der Waals surface area contributed by atoms with Gasteiger partial charge in [-0.3, -0.25) is 0 Å². The lowest BCUT2D eigenvalue weighted by Gasteiger charge is -2.13. The monoisotopic (exact) mass is 281 g/mol.